The lowest BCUT2D eigenvalue weighted by Crippen LogP contribution is -2.40. The maximum Gasteiger partial charge on any atom is 0.240 e. The van der Waals surface area contributed by atoms with E-state index < -0.39 is 40.4 Å². The van der Waals surface area contributed by atoms with Gasteiger partial charge in [-0.2, -0.15) is 0 Å². The molecular weight excluding hydrogens is 345 g/mol. The average Bonchev–Trinajstić information content (AvgIpc) is 3.45. The summed E-state index contributed by atoms with van der Waals surface area (Å²) in [5, 5.41) is 4.90. The van der Waals surface area contributed by atoms with Crippen molar-refractivity contribution in [2.45, 2.75) is 19.3 Å². The molecule has 0 saturated heterocycles. The van der Waals surface area contributed by atoms with Gasteiger partial charge < -0.3 is 10.6 Å². The van der Waals surface area contributed by atoms with Gasteiger partial charge in [0, 0.05) is 6.54 Å². The molecule has 1 aliphatic rings. The molecule has 0 atom stereocenters. The maximum absolute atomic E-state index is 13.7. The summed E-state index contributed by atoms with van der Waals surface area (Å²) in [5.74, 6) is -5.67. The van der Waals surface area contributed by atoms with Gasteiger partial charge in [-0.25, -0.2) is 13.2 Å². The summed E-state index contributed by atoms with van der Waals surface area (Å²) in [4.78, 5) is 24.7. The van der Waals surface area contributed by atoms with Crippen LogP contribution in [0.25, 0.3) is 0 Å². The molecule has 2 amide bonds. The Hall–Kier alpha value is -2.83. The van der Waals surface area contributed by atoms with Crippen LogP contribution in [-0.4, -0.2) is 18.4 Å². The molecule has 0 radical (unpaired) electrons. The summed E-state index contributed by atoms with van der Waals surface area (Å²) < 4.78 is 39.9. The molecule has 4 nitrogen and oxygen atoms in total. The number of rotatable bonds is 6. The molecule has 7 heteroatoms. The van der Waals surface area contributed by atoms with Crippen molar-refractivity contribution in [3.05, 3.63) is 65.5 Å². The second-order valence-electron chi connectivity index (χ2n) is 6.25. The number of carbonyl (C=O) groups excluding carboxylic acids is 2. The number of halogens is 3. The highest BCUT2D eigenvalue weighted by Crippen LogP contribution is 2.47. The summed E-state index contributed by atoms with van der Waals surface area (Å²) in [7, 11) is 0. The predicted octanol–water partition coefficient (Wildman–Crippen LogP) is 3.18. The second-order valence-corrected chi connectivity index (χ2v) is 6.25. The average molecular weight is 362 g/mol. The lowest BCUT2D eigenvalue weighted by molar-refractivity contribution is -0.134. The van der Waals surface area contributed by atoms with E-state index in [9.17, 15) is 22.8 Å². The zero-order chi connectivity index (χ0) is 18.7. The molecule has 0 spiro atoms. The molecule has 136 valence electrons. The molecule has 2 aromatic carbocycles. The van der Waals surface area contributed by atoms with Crippen LogP contribution in [0.3, 0.4) is 0 Å². The molecule has 0 aromatic heterocycles. The van der Waals surface area contributed by atoms with Crippen LogP contribution in [0.1, 0.15) is 18.4 Å². The quantitative estimate of drug-likeness (QED) is 0.613. The summed E-state index contributed by atoms with van der Waals surface area (Å²) in [5.41, 5.74) is -0.725. The zero-order valence-electron chi connectivity index (χ0n) is 13.8. The number of amides is 2. The first kappa shape index (κ1) is 18.0. The first-order valence-corrected chi connectivity index (χ1v) is 8.21. The predicted molar refractivity (Wildman–Crippen MR) is 89.8 cm³/mol. The van der Waals surface area contributed by atoms with E-state index in [-0.39, 0.29) is 0 Å². The van der Waals surface area contributed by atoms with E-state index >= 15 is 0 Å². The minimum atomic E-state index is -1.67. The van der Waals surface area contributed by atoms with Gasteiger partial charge in [0.25, 0.3) is 0 Å². The van der Waals surface area contributed by atoms with Crippen molar-refractivity contribution in [2.75, 3.05) is 11.9 Å². The molecule has 26 heavy (non-hydrogen) atoms. The van der Waals surface area contributed by atoms with Crippen LogP contribution in [-0.2, 0) is 16.0 Å². The van der Waals surface area contributed by atoms with Gasteiger partial charge in [0.2, 0.25) is 11.8 Å². The van der Waals surface area contributed by atoms with Crippen LogP contribution in [0.2, 0.25) is 0 Å². The third-order valence-corrected chi connectivity index (χ3v) is 4.44. The fourth-order valence-electron chi connectivity index (χ4n) is 2.68. The SMILES string of the molecule is O=C(NCCc1ccccc1)C1(C(=O)Nc2ccc(F)c(F)c2F)CC1. The first-order valence-electron chi connectivity index (χ1n) is 8.21. The maximum atomic E-state index is 13.7. The molecule has 0 aliphatic heterocycles. The van der Waals surface area contributed by atoms with E-state index in [4.69, 9.17) is 0 Å². The van der Waals surface area contributed by atoms with Crippen molar-refractivity contribution in [1.29, 1.82) is 0 Å². The molecule has 0 unspecified atom stereocenters. The largest absolute Gasteiger partial charge is 0.355 e. The van der Waals surface area contributed by atoms with E-state index in [0.29, 0.717) is 31.9 Å². The third kappa shape index (κ3) is 3.56. The van der Waals surface area contributed by atoms with Crippen LogP contribution in [0, 0.1) is 22.9 Å². The molecular formula is C19H17F3N2O2. The van der Waals surface area contributed by atoms with E-state index in [1.54, 1.807) is 0 Å². The van der Waals surface area contributed by atoms with E-state index in [1.807, 2.05) is 30.3 Å². The Morgan fingerprint density at radius 2 is 1.62 bits per heavy atom. The van der Waals surface area contributed by atoms with Crippen molar-refractivity contribution < 1.29 is 22.8 Å². The minimum absolute atomic E-state index is 0.321. The molecule has 1 aliphatic carbocycles. The minimum Gasteiger partial charge on any atom is -0.355 e. The fourth-order valence-corrected chi connectivity index (χ4v) is 2.68. The standard InChI is InChI=1S/C19H17F3N2O2/c20-13-6-7-14(16(22)15(13)21)24-18(26)19(9-10-19)17(25)23-11-8-12-4-2-1-3-5-12/h1-7H,8-11H2,(H,23,25)(H,24,26). The van der Waals surface area contributed by atoms with Gasteiger partial charge in [0.05, 0.1) is 5.69 Å². The van der Waals surface area contributed by atoms with Crippen LogP contribution >= 0.6 is 0 Å². The Balaban J connectivity index is 1.60. The van der Waals surface area contributed by atoms with Crippen molar-refractivity contribution in [3.8, 4) is 0 Å². The molecule has 1 fully saturated rings. The Labute approximate surface area is 148 Å². The monoisotopic (exact) mass is 362 g/mol. The molecule has 0 bridgehead atoms. The number of nitrogens with one attached hydrogen (secondary N) is 2. The number of hydrogen-bond donors (Lipinski definition) is 2. The topological polar surface area (TPSA) is 58.2 Å². The van der Waals surface area contributed by atoms with E-state index in [2.05, 4.69) is 10.6 Å². The molecule has 2 N–H and O–H groups in total. The smallest absolute Gasteiger partial charge is 0.240 e. The van der Waals surface area contributed by atoms with E-state index in [0.717, 1.165) is 11.6 Å². The van der Waals surface area contributed by atoms with Crippen molar-refractivity contribution in [3.63, 3.8) is 0 Å². The van der Waals surface area contributed by atoms with Gasteiger partial charge in [-0.1, -0.05) is 30.3 Å². The highest BCUT2D eigenvalue weighted by Gasteiger charge is 2.56. The Morgan fingerprint density at radius 3 is 2.27 bits per heavy atom. The van der Waals surface area contributed by atoms with Crippen LogP contribution in [0.5, 0.6) is 0 Å². The lowest BCUT2D eigenvalue weighted by atomic mass is 10.0. The first-order chi connectivity index (χ1) is 12.4. The van der Waals surface area contributed by atoms with Gasteiger partial charge in [0.15, 0.2) is 17.5 Å². The van der Waals surface area contributed by atoms with Crippen molar-refractivity contribution in [1.82, 2.24) is 5.32 Å². The van der Waals surface area contributed by atoms with Crippen molar-refractivity contribution in [2.24, 2.45) is 5.41 Å². The number of carbonyl (C=O) groups is 2. The van der Waals surface area contributed by atoms with Gasteiger partial charge in [-0.3, -0.25) is 9.59 Å². The van der Waals surface area contributed by atoms with Gasteiger partial charge in [-0.15, -0.1) is 0 Å². The van der Waals surface area contributed by atoms with Crippen LogP contribution in [0.4, 0.5) is 18.9 Å². The van der Waals surface area contributed by atoms with E-state index in [1.165, 1.54) is 0 Å². The van der Waals surface area contributed by atoms with Crippen molar-refractivity contribution >= 4 is 17.5 Å². The van der Waals surface area contributed by atoms with Gasteiger partial charge in [0.1, 0.15) is 5.41 Å². The second kappa shape index (κ2) is 7.19. The normalized spacial score (nSPS) is 14.6. The lowest BCUT2D eigenvalue weighted by Gasteiger charge is -2.16. The third-order valence-electron chi connectivity index (χ3n) is 4.44. The van der Waals surface area contributed by atoms with Gasteiger partial charge in [-0.05, 0) is 37.0 Å². The summed E-state index contributed by atoms with van der Waals surface area (Å²) in [6, 6.07) is 11.2. The Bertz CT molecular complexity index is 836. The fraction of sp³-hybridized carbons (Fsp3) is 0.263. The number of benzene rings is 2. The van der Waals surface area contributed by atoms with Gasteiger partial charge >= 0.3 is 0 Å². The van der Waals surface area contributed by atoms with Crippen LogP contribution < -0.4 is 10.6 Å². The highest BCUT2D eigenvalue weighted by atomic mass is 19.2. The zero-order valence-corrected chi connectivity index (χ0v) is 13.8. The molecule has 2 aromatic rings. The highest BCUT2D eigenvalue weighted by molar-refractivity contribution is 6.13. The number of hydrogen-bond acceptors (Lipinski definition) is 2. The Morgan fingerprint density at radius 1 is 0.923 bits per heavy atom. The summed E-state index contributed by atoms with van der Waals surface area (Å²) in [6.45, 7) is 0.359. The number of anilines is 1. The summed E-state index contributed by atoms with van der Waals surface area (Å²) in [6.07, 6.45) is 1.25. The molecule has 3 rings (SSSR count). The van der Waals surface area contributed by atoms with Crippen LogP contribution in [0.15, 0.2) is 42.5 Å². The Kier molecular flexibility index (Phi) is 4.97. The molecule has 1 saturated carbocycles. The molecule has 0 heterocycles. The summed E-state index contributed by atoms with van der Waals surface area (Å²) >= 11 is 0.